The van der Waals surface area contributed by atoms with E-state index in [1.165, 1.54) is 18.7 Å². The van der Waals surface area contributed by atoms with E-state index in [9.17, 15) is 14.9 Å². The molecule has 0 spiro atoms. The van der Waals surface area contributed by atoms with Gasteiger partial charge in [-0.1, -0.05) is 30.3 Å². The molecule has 18 heavy (non-hydrogen) atoms. The number of aryl methyl sites for hydroxylation is 2. The fourth-order valence-corrected chi connectivity index (χ4v) is 1.85. The molecule has 6 heteroatoms. The minimum absolute atomic E-state index is 0.00343. The molecule has 0 unspecified atom stereocenters. The van der Waals surface area contributed by atoms with Crippen LogP contribution in [0.2, 0.25) is 0 Å². The molecule has 0 amide bonds. The largest absolute Gasteiger partial charge is 0.321 e. The quantitative estimate of drug-likeness (QED) is 0.469. The van der Waals surface area contributed by atoms with Crippen LogP contribution in [0, 0.1) is 17.0 Å². The van der Waals surface area contributed by atoms with Gasteiger partial charge in [-0.3, -0.25) is 19.6 Å². The van der Waals surface area contributed by atoms with Crippen molar-refractivity contribution in [3.8, 4) is 0 Å². The van der Waals surface area contributed by atoms with Crippen molar-refractivity contribution in [2.24, 2.45) is 7.05 Å². The minimum atomic E-state index is -0.571. The van der Waals surface area contributed by atoms with Gasteiger partial charge in [0.15, 0.2) is 5.69 Å². The molecule has 0 aliphatic rings. The Morgan fingerprint density at radius 1 is 1.33 bits per heavy atom. The average Bonchev–Trinajstić information content (AvgIpc) is 2.64. The molecule has 0 atom stereocenters. The molecule has 0 aliphatic heterocycles. The van der Waals surface area contributed by atoms with Gasteiger partial charge in [-0.15, -0.1) is 0 Å². The molecular weight excluding hydrogens is 234 g/mol. The van der Waals surface area contributed by atoms with Crippen molar-refractivity contribution in [3.05, 3.63) is 57.4 Å². The summed E-state index contributed by atoms with van der Waals surface area (Å²) in [5, 5.41) is 14.9. The van der Waals surface area contributed by atoms with Crippen LogP contribution in [0.25, 0.3) is 0 Å². The predicted molar refractivity (Wildman–Crippen MR) is 64.5 cm³/mol. The molecule has 0 N–H and O–H groups in total. The third kappa shape index (κ3) is 1.88. The molecular formula is C12H11N3O3. The first-order valence-corrected chi connectivity index (χ1v) is 5.30. The number of aromatic nitrogens is 2. The summed E-state index contributed by atoms with van der Waals surface area (Å²) >= 11 is 0. The van der Waals surface area contributed by atoms with Crippen molar-refractivity contribution >= 4 is 11.5 Å². The molecule has 0 bridgehead atoms. The number of benzene rings is 1. The number of ketones is 1. The monoisotopic (exact) mass is 245 g/mol. The normalized spacial score (nSPS) is 10.3. The van der Waals surface area contributed by atoms with Gasteiger partial charge in [-0.2, -0.15) is 5.10 Å². The molecule has 1 heterocycles. The third-order valence-corrected chi connectivity index (χ3v) is 2.62. The highest BCUT2D eigenvalue weighted by Crippen LogP contribution is 2.24. The van der Waals surface area contributed by atoms with Crippen molar-refractivity contribution in [1.29, 1.82) is 0 Å². The Balaban J connectivity index is 2.59. The Morgan fingerprint density at radius 3 is 2.50 bits per heavy atom. The van der Waals surface area contributed by atoms with Crippen molar-refractivity contribution in [2.45, 2.75) is 6.92 Å². The summed E-state index contributed by atoms with van der Waals surface area (Å²) in [5.41, 5.74) is 0.417. The molecule has 2 aromatic rings. The lowest BCUT2D eigenvalue weighted by molar-refractivity contribution is -0.385. The lowest BCUT2D eigenvalue weighted by atomic mass is 10.1. The molecule has 1 aromatic heterocycles. The highest BCUT2D eigenvalue weighted by Gasteiger charge is 2.29. The van der Waals surface area contributed by atoms with Gasteiger partial charge in [0.25, 0.3) is 0 Å². The van der Waals surface area contributed by atoms with Crippen LogP contribution in [0.15, 0.2) is 30.3 Å². The number of carbonyl (C=O) groups excluding carboxylic acids is 1. The van der Waals surface area contributed by atoms with Crippen LogP contribution in [0.3, 0.4) is 0 Å². The summed E-state index contributed by atoms with van der Waals surface area (Å²) in [6.45, 7) is 1.51. The van der Waals surface area contributed by atoms with Crippen LogP contribution in [0.5, 0.6) is 0 Å². The first-order chi connectivity index (χ1) is 8.52. The molecule has 0 saturated carbocycles. The van der Waals surface area contributed by atoms with E-state index in [4.69, 9.17) is 0 Å². The zero-order valence-electron chi connectivity index (χ0n) is 9.95. The molecule has 1 aromatic carbocycles. The number of rotatable bonds is 3. The van der Waals surface area contributed by atoms with Crippen molar-refractivity contribution in [2.75, 3.05) is 0 Å². The maximum Gasteiger partial charge on any atom is 0.321 e. The summed E-state index contributed by atoms with van der Waals surface area (Å²) in [6.07, 6.45) is 0. The van der Waals surface area contributed by atoms with Crippen molar-refractivity contribution in [3.63, 3.8) is 0 Å². The second-order valence-corrected chi connectivity index (χ2v) is 3.86. The van der Waals surface area contributed by atoms with Gasteiger partial charge in [0.1, 0.15) is 5.69 Å². The summed E-state index contributed by atoms with van der Waals surface area (Å²) in [6, 6.07) is 8.44. The molecule has 0 radical (unpaired) electrons. The van der Waals surface area contributed by atoms with E-state index in [0.29, 0.717) is 5.56 Å². The van der Waals surface area contributed by atoms with Crippen LogP contribution in [0.1, 0.15) is 21.7 Å². The smallest absolute Gasteiger partial charge is 0.287 e. The Kier molecular flexibility index (Phi) is 2.93. The van der Waals surface area contributed by atoms with Gasteiger partial charge >= 0.3 is 5.69 Å². The molecule has 6 nitrogen and oxygen atoms in total. The number of nitro groups is 1. The van der Waals surface area contributed by atoms with Crippen LogP contribution in [-0.2, 0) is 7.05 Å². The van der Waals surface area contributed by atoms with Gasteiger partial charge in [0.2, 0.25) is 5.78 Å². The van der Waals surface area contributed by atoms with Gasteiger partial charge in [-0.05, 0) is 6.92 Å². The highest BCUT2D eigenvalue weighted by molar-refractivity contribution is 6.10. The molecule has 0 aliphatic carbocycles. The maximum absolute atomic E-state index is 12.2. The Labute approximate surface area is 103 Å². The standard InChI is InChI=1S/C12H11N3O3/c1-8-10(15(17)18)11(14(2)13-8)12(16)9-6-4-3-5-7-9/h3-7H,1-2H3. The van der Waals surface area contributed by atoms with E-state index in [1.807, 2.05) is 0 Å². The number of hydrogen-bond acceptors (Lipinski definition) is 4. The fraction of sp³-hybridized carbons (Fsp3) is 0.167. The average molecular weight is 245 g/mol. The van der Waals surface area contributed by atoms with E-state index in [2.05, 4.69) is 5.10 Å². The summed E-state index contributed by atoms with van der Waals surface area (Å²) < 4.78 is 1.25. The van der Waals surface area contributed by atoms with Gasteiger partial charge in [0, 0.05) is 12.6 Å². The van der Waals surface area contributed by atoms with Crippen LogP contribution >= 0.6 is 0 Å². The first-order valence-electron chi connectivity index (χ1n) is 5.30. The predicted octanol–water partition coefficient (Wildman–Crippen LogP) is 1.87. The number of nitrogens with zero attached hydrogens (tertiary/aromatic N) is 3. The maximum atomic E-state index is 12.2. The highest BCUT2D eigenvalue weighted by atomic mass is 16.6. The number of hydrogen-bond donors (Lipinski definition) is 0. The molecule has 0 fully saturated rings. The van der Waals surface area contributed by atoms with Gasteiger partial charge < -0.3 is 0 Å². The molecule has 0 saturated heterocycles. The van der Waals surface area contributed by atoms with Gasteiger partial charge in [-0.25, -0.2) is 0 Å². The zero-order chi connectivity index (χ0) is 13.3. The Bertz CT molecular complexity index is 617. The second kappa shape index (κ2) is 4.40. The van der Waals surface area contributed by atoms with Crippen molar-refractivity contribution in [1.82, 2.24) is 9.78 Å². The van der Waals surface area contributed by atoms with Crippen LogP contribution < -0.4 is 0 Å². The van der Waals surface area contributed by atoms with Gasteiger partial charge in [0.05, 0.1) is 4.92 Å². The van der Waals surface area contributed by atoms with E-state index < -0.39 is 10.7 Å². The SMILES string of the molecule is Cc1nn(C)c(C(=O)c2ccccc2)c1[N+](=O)[O-]. The molecule has 2 rings (SSSR count). The summed E-state index contributed by atoms with van der Waals surface area (Å²) in [7, 11) is 1.52. The van der Waals surface area contributed by atoms with E-state index in [-0.39, 0.29) is 17.1 Å². The van der Waals surface area contributed by atoms with E-state index in [1.54, 1.807) is 30.3 Å². The first kappa shape index (κ1) is 12.0. The fourth-order valence-electron chi connectivity index (χ4n) is 1.85. The third-order valence-electron chi connectivity index (χ3n) is 2.62. The second-order valence-electron chi connectivity index (χ2n) is 3.86. The minimum Gasteiger partial charge on any atom is -0.287 e. The summed E-state index contributed by atoms with van der Waals surface area (Å²) in [4.78, 5) is 22.7. The topological polar surface area (TPSA) is 78.0 Å². The Hall–Kier alpha value is -2.50. The van der Waals surface area contributed by atoms with Crippen LogP contribution in [0.4, 0.5) is 5.69 Å². The lowest BCUT2D eigenvalue weighted by Crippen LogP contribution is -2.10. The van der Waals surface area contributed by atoms with Crippen molar-refractivity contribution < 1.29 is 9.72 Å². The Morgan fingerprint density at radius 2 is 1.94 bits per heavy atom. The van der Waals surface area contributed by atoms with E-state index in [0.717, 1.165) is 0 Å². The molecule has 92 valence electrons. The van der Waals surface area contributed by atoms with E-state index >= 15 is 0 Å². The zero-order valence-corrected chi connectivity index (χ0v) is 9.95. The lowest BCUT2D eigenvalue weighted by Gasteiger charge is -2.00. The van der Waals surface area contributed by atoms with Crippen LogP contribution in [-0.4, -0.2) is 20.5 Å². The number of carbonyl (C=O) groups is 1. The summed E-state index contributed by atoms with van der Waals surface area (Å²) in [5.74, 6) is -0.398.